The Balaban J connectivity index is 1.60. The molecule has 1 aliphatic heterocycles. The van der Waals surface area contributed by atoms with Gasteiger partial charge in [0, 0.05) is 23.5 Å². The van der Waals surface area contributed by atoms with E-state index in [0.717, 1.165) is 12.0 Å². The summed E-state index contributed by atoms with van der Waals surface area (Å²) in [5.74, 6) is 0.170. The molecule has 0 saturated carbocycles. The third-order valence-corrected chi connectivity index (χ3v) is 7.87. The normalized spacial score (nSPS) is 15.6. The van der Waals surface area contributed by atoms with E-state index in [1.807, 2.05) is 29.2 Å². The van der Waals surface area contributed by atoms with Gasteiger partial charge in [0.25, 0.3) is 5.91 Å². The molecule has 4 nitrogen and oxygen atoms in total. The second-order valence-corrected chi connectivity index (χ2v) is 12.4. The number of carbonyl (C=O) groups excluding carboxylic acids is 2. The number of amides is 2. The molecular weight excluding hydrogens is 464 g/mol. The van der Waals surface area contributed by atoms with E-state index in [-0.39, 0.29) is 35.7 Å². The van der Waals surface area contributed by atoms with Crippen LogP contribution < -0.4 is 0 Å². The fourth-order valence-corrected chi connectivity index (χ4v) is 5.81. The summed E-state index contributed by atoms with van der Waals surface area (Å²) in [7, 11) is 0. The first-order valence-corrected chi connectivity index (χ1v) is 13.7. The highest BCUT2D eigenvalue weighted by atomic mass is 32.1. The molecule has 0 aliphatic carbocycles. The van der Waals surface area contributed by atoms with E-state index in [9.17, 15) is 9.59 Å². The van der Waals surface area contributed by atoms with E-state index < -0.39 is 0 Å². The summed E-state index contributed by atoms with van der Waals surface area (Å²) in [5.41, 5.74) is 5.37. The Hall–Kier alpha value is -2.92. The standard InChI is InChI=1S/C31H38N2O2S/c1-21(2)19-32(30(35)24-11-13-25(14-12-24)31(4,5)6)20-28(34)33-17-15-27-26(16-18-36-27)29(33)23-9-7-22(3)8-10-23/h7-14,16,18,21,29H,15,17,19-20H2,1-6H3. The lowest BCUT2D eigenvalue weighted by atomic mass is 9.86. The minimum atomic E-state index is -0.116. The highest BCUT2D eigenvalue weighted by Crippen LogP contribution is 2.38. The predicted molar refractivity (Wildman–Crippen MR) is 149 cm³/mol. The first-order chi connectivity index (χ1) is 17.0. The van der Waals surface area contributed by atoms with Gasteiger partial charge in [-0.1, -0.05) is 76.6 Å². The lowest BCUT2D eigenvalue weighted by Gasteiger charge is -2.38. The lowest BCUT2D eigenvalue weighted by Crippen LogP contribution is -2.47. The molecule has 3 aromatic rings. The third-order valence-electron chi connectivity index (χ3n) is 6.88. The number of hydrogen-bond donors (Lipinski definition) is 0. The van der Waals surface area contributed by atoms with Crippen LogP contribution in [0, 0.1) is 12.8 Å². The van der Waals surface area contributed by atoms with E-state index >= 15 is 0 Å². The van der Waals surface area contributed by atoms with Gasteiger partial charge in [-0.2, -0.15) is 0 Å². The number of aryl methyl sites for hydroxylation is 1. The van der Waals surface area contributed by atoms with E-state index in [1.54, 1.807) is 16.2 Å². The first kappa shape index (κ1) is 26.2. The molecule has 0 N–H and O–H groups in total. The van der Waals surface area contributed by atoms with Crippen molar-refractivity contribution >= 4 is 23.2 Å². The van der Waals surface area contributed by atoms with Gasteiger partial charge in [0.1, 0.15) is 6.54 Å². The molecule has 5 heteroatoms. The number of thiophene rings is 1. The molecule has 2 amide bonds. The SMILES string of the molecule is Cc1ccc(C2c3ccsc3CCN2C(=O)CN(CC(C)C)C(=O)c2ccc(C(C)(C)C)cc2)cc1. The molecule has 190 valence electrons. The smallest absolute Gasteiger partial charge is 0.254 e. The zero-order valence-electron chi connectivity index (χ0n) is 22.4. The zero-order valence-corrected chi connectivity index (χ0v) is 23.2. The Kier molecular flexibility index (Phi) is 7.70. The molecular formula is C31H38N2O2S. The van der Waals surface area contributed by atoms with Gasteiger partial charge in [-0.25, -0.2) is 0 Å². The summed E-state index contributed by atoms with van der Waals surface area (Å²) in [6.45, 7) is 14.0. The van der Waals surface area contributed by atoms with Crippen molar-refractivity contribution in [3.8, 4) is 0 Å². The van der Waals surface area contributed by atoms with Crippen LogP contribution in [-0.2, 0) is 16.6 Å². The second kappa shape index (κ2) is 10.6. The minimum absolute atomic E-state index is 0.00210. The Morgan fingerprint density at radius 3 is 2.31 bits per heavy atom. The summed E-state index contributed by atoms with van der Waals surface area (Å²) >= 11 is 1.77. The minimum Gasteiger partial charge on any atom is -0.330 e. The lowest BCUT2D eigenvalue weighted by molar-refractivity contribution is -0.134. The fraction of sp³-hybridized carbons (Fsp3) is 0.419. The highest BCUT2D eigenvalue weighted by Gasteiger charge is 2.34. The molecule has 0 spiro atoms. The predicted octanol–water partition coefficient (Wildman–Crippen LogP) is 6.63. The van der Waals surface area contributed by atoms with Gasteiger partial charge in [0.15, 0.2) is 0 Å². The van der Waals surface area contributed by atoms with E-state index in [2.05, 4.69) is 77.3 Å². The van der Waals surface area contributed by atoms with Crippen molar-refractivity contribution < 1.29 is 9.59 Å². The van der Waals surface area contributed by atoms with Crippen LogP contribution in [0.5, 0.6) is 0 Å². The quantitative estimate of drug-likeness (QED) is 0.380. The van der Waals surface area contributed by atoms with Crippen molar-refractivity contribution in [1.82, 2.24) is 9.80 Å². The summed E-state index contributed by atoms with van der Waals surface area (Å²) < 4.78 is 0. The summed E-state index contributed by atoms with van der Waals surface area (Å²) in [6.07, 6.45) is 0.855. The van der Waals surface area contributed by atoms with Crippen molar-refractivity contribution in [3.05, 3.63) is 92.7 Å². The maximum atomic E-state index is 13.8. The molecule has 0 bridgehead atoms. The number of nitrogens with zero attached hydrogens (tertiary/aromatic N) is 2. The van der Waals surface area contributed by atoms with Crippen molar-refractivity contribution in [2.45, 2.75) is 59.4 Å². The summed E-state index contributed by atoms with van der Waals surface area (Å²) in [4.78, 5) is 32.4. The summed E-state index contributed by atoms with van der Waals surface area (Å²) in [5, 5.41) is 2.12. The highest BCUT2D eigenvalue weighted by molar-refractivity contribution is 7.10. The third kappa shape index (κ3) is 5.73. The van der Waals surface area contributed by atoms with Gasteiger partial charge < -0.3 is 9.80 Å². The molecule has 4 rings (SSSR count). The monoisotopic (exact) mass is 502 g/mol. The molecule has 1 unspecified atom stereocenters. The van der Waals surface area contributed by atoms with Crippen LogP contribution in [0.1, 0.15) is 78.1 Å². The molecule has 2 heterocycles. The van der Waals surface area contributed by atoms with Gasteiger partial charge >= 0.3 is 0 Å². The van der Waals surface area contributed by atoms with Gasteiger partial charge in [-0.3, -0.25) is 9.59 Å². The van der Waals surface area contributed by atoms with Gasteiger partial charge in [0.05, 0.1) is 6.04 Å². The van der Waals surface area contributed by atoms with E-state index in [1.165, 1.54) is 21.6 Å². The summed E-state index contributed by atoms with van der Waals surface area (Å²) in [6, 6.07) is 18.3. The molecule has 1 aliphatic rings. The second-order valence-electron chi connectivity index (χ2n) is 11.4. The molecule has 1 atom stereocenters. The van der Waals surface area contributed by atoms with Crippen molar-refractivity contribution in [3.63, 3.8) is 0 Å². The Labute approximate surface area is 219 Å². The number of fused-ring (bicyclic) bond motifs is 1. The average Bonchev–Trinajstić information content (AvgIpc) is 3.31. The van der Waals surface area contributed by atoms with E-state index in [0.29, 0.717) is 18.7 Å². The van der Waals surface area contributed by atoms with Gasteiger partial charge in [-0.15, -0.1) is 11.3 Å². The number of rotatable bonds is 6. The molecule has 0 saturated heterocycles. The van der Waals surface area contributed by atoms with Crippen molar-refractivity contribution in [2.75, 3.05) is 19.6 Å². The van der Waals surface area contributed by atoms with Crippen molar-refractivity contribution in [1.29, 1.82) is 0 Å². The molecule has 0 fully saturated rings. The van der Waals surface area contributed by atoms with Crippen LogP contribution in [0.25, 0.3) is 0 Å². The Bertz CT molecular complexity index is 1200. The van der Waals surface area contributed by atoms with Crippen LogP contribution in [0.4, 0.5) is 0 Å². The Morgan fingerprint density at radius 2 is 1.69 bits per heavy atom. The van der Waals surface area contributed by atoms with E-state index in [4.69, 9.17) is 0 Å². The van der Waals surface area contributed by atoms with Gasteiger partial charge in [-0.05, 0) is 64.9 Å². The van der Waals surface area contributed by atoms with Crippen LogP contribution in [0.15, 0.2) is 60.0 Å². The topological polar surface area (TPSA) is 40.6 Å². The molecule has 0 radical (unpaired) electrons. The Morgan fingerprint density at radius 1 is 1.03 bits per heavy atom. The average molecular weight is 503 g/mol. The fourth-order valence-electron chi connectivity index (χ4n) is 4.90. The van der Waals surface area contributed by atoms with Crippen LogP contribution in [0.3, 0.4) is 0 Å². The van der Waals surface area contributed by atoms with Crippen molar-refractivity contribution in [2.24, 2.45) is 5.92 Å². The van der Waals surface area contributed by atoms with Gasteiger partial charge in [0.2, 0.25) is 5.91 Å². The van der Waals surface area contributed by atoms with Crippen LogP contribution in [-0.4, -0.2) is 41.2 Å². The number of carbonyl (C=O) groups is 2. The molecule has 2 aromatic carbocycles. The maximum absolute atomic E-state index is 13.8. The zero-order chi connectivity index (χ0) is 26.0. The number of hydrogen-bond acceptors (Lipinski definition) is 3. The number of benzene rings is 2. The van der Waals surface area contributed by atoms with Crippen LogP contribution in [0.2, 0.25) is 0 Å². The molecule has 36 heavy (non-hydrogen) atoms. The molecule has 1 aromatic heterocycles. The first-order valence-electron chi connectivity index (χ1n) is 12.9. The maximum Gasteiger partial charge on any atom is 0.254 e. The van der Waals surface area contributed by atoms with Crippen LogP contribution >= 0.6 is 11.3 Å². The largest absolute Gasteiger partial charge is 0.330 e.